The summed E-state index contributed by atoms with van der Waals surface area (Å²) in [6, 6.07) is 11.0. The number of fused-ring (bicyclic) bond motifs is 1. The van der Waals surface area contributed by atoms with Crippen molar-refractivity contribution in [1.29, 1.82) is 0 Å². The van der Waals surface area contributed by atoms with Crippen molar-refractivity contribution in [3.63, 3.8) is 0 Å². The summed E-state index contributed by atoms with van der Waals surface area (Å²) in [4.78, 5) is 16.2. The van der Waals surface area contributed by atoms with E-state index in [2.05, 4.69) is 10.3 Å². The summed E-state index contributed by atoms with van der Waals surface area (Å²) in [6.45, 7) is 1.81. The Hall–Kier alpha value is -2.66. The molecule has 1 fully saturated rings. The van der Waals surface area contributed by atoms with E-state index >= 15 is 0 Å². The van der Waals surface area contributed by atoms with Gasteiger partial charge in [-0.2, -0.15) is 0 Å². The molecule has 0 atom stereocenters. The quantitative estimate of drug-likeness (QED) is 0.556. The van der Waals surface area contributed by atoms with Crippen LogP contribution >= 0.6 is 11.6 Å². The smallest absolute Gasteiger partial charge is 0.266 e. The first-order chi connectivity index (χ1) is 12.0. The van der Waals surface area contributed by atoms with Crippen LogP contribution in [0.1, 0.15) is 18.5 Å². The molecule has 25 heavy (non-hydrogen) atoms. The molecule has 1 amide bonds. The van der Waals surface area contributed by atoms with Crippen molar-refractivity contribution < 1.29 is 14.7 Å². The van der Waals surface area contributed by atoms with Gasteiger partial charge in [0.15, 0.2) is 0 Å². The zero-order valence-corrected chi connectivity index (χ0v) is 14.4. The van der Waals surface area contributed by atoms with Gasteiger partial charge in [0.1, 0.15) is 5.82 Å². The normalized spacial score (nSPS) is 13.8. The highest BCUT2D eigenvalue weighted by molar-refractivity contribution is 6.33. The number of nitrogens with zero attached hydrogens (tertiary/aromatic N) is 2. The molecule has 6 heteroatoms. The number of anilines is 1. The van der Waals surface area contributed by atoms with E-state index in [4.69, 9.17) is 11.6 Å². The number of aryl methyl sites for hydroxylation is 1. The number of carbonyl (C=O) groups is 1. The summed E-state index contributed by atoms with van der Waals surface area (Å²) < 4.78 is 1.12. The molecule has 0 saturated heterocycles. The average Bonchev–Trinajstić information content (AvgIpc) is 3.44. The van der Waals surface area contributed by atoms with Gasteiger partial charge in [-0.25, -0.2) is 4.98 Å². The molecule has 4 rings (SSSR count). The van der Waals surface area contributed by atoms with Crippen LogP contribution in [0.3, 0.4) is 0 Å². The van der Waals surface area contributed by atoms with E-state index in [0.717, 1.165) is 33.9 Å². The second kappa shape index (κ2) is 6.01. The van der Waals surface area contributed by atoms with Crippen LogP contribution in [-0.2, 0) is 4.79 Å². The van der Waals surface area contributed by atoms with Gasteiger partial charge in [-0.3, -0.25) is 10.0 Å². The highest BCUT2D eigenvalue weighted by Gasteiger charge is 2.30. The monoisotopic (exact) mass is 354 g/mol. The number of nitrogens with one attached hydrogen (secondary N) is 1. The fourth-order valence-corrected chi connectivity index (χ4v) is 3.13. The van der Waals surface area contributed by atoms with Crippen LogP contribution in [0.15, 0.2) is 42.6 Å². The van der Waals surface area contributed by atoms with Gasteiger partial charge in [-0.15, -0.1) is 0 Å². The number of rotatable bonds is 3. The number of amides is 1. The fourth-order valence-electron chi connectivity index (χ4n) is 2.90. The Morgan fingerprint density at radius 3 is 2.80 bits per heavy atom. The fraction of sp³-hybridized carbons (Fsp3) is 0.211. The van der Waals surface area contributed by atoms with Crippen LogP contribution in [0.2, 0.25) is 5.02 Å². The van der Waals surface area contributed by atoms with Crippen molar-refractivity contribution >= 4 is 34.1 Å². The molecule has 1 aliphatic rings. The van der Waals surface area contributed by atoms with Crippen LogP contribution in [-0.4, -0.2) is 16.1 Å². The van der Waals surface area contributed by atoms with E-state index in [0.29, 0.717) is 22.2 Å². The third kappa shape index (κ3) is 2.91. The van der Waals surface area contributed by atoms with Crippen LogP contribution in [0.4, 0.5) is 5.82 Å². The minimum Gasteiger partial charge on any atom is -0.310 e. The van der Waals surface area contributed by atoms with Crippen molar-refractivity contribution in [2.45, 2.75) is 19.8 Å². The van der Waals surface area contributed by atoms with Crippen LogP contribution in [0, 0.1) is 12.8 Å². The lowest BCUT2D eigenvalue weighted by atomic mass is 10.1. The van der Waals surface area contributed by atoms with E-state index in [9.17, 15) is 10.0 Å². The zero-order chi connectivity index (χ0) is 17.6. The zero-order valence-electron chi connectivity index (χ0n) is 13.7. The summed E-state index contributed by atoms with van der Waals surface area (Å²) in [6.07, 6.45) is 3.58. The molecule has 2 aromatic heterocycles. The molecule has 1 saturated carbocycles. The lowest BCUT2D eigenvalue weighted by Gasteiger charge is -2.07. The SMILES string of the molecule is Cc1c2cc(NC(=O)C3CC3)ncc2cc(-c2ccccc2Cl)[n+]1O. The summed E-state index contributed by atoms with van der Waals surface area (Å²) in [5.74, 6) is 0.621. The standard InChI is InChI=1S/C19H16ClN3O2/c1-11-15-9-18(22-19(24)12-6-7-12)21-10-13(15)8-17(23(11)25)14-4-2-3-5-16(14)20/h2-5,8-10,12H,6-7H2,1H3,(H-,21,22,24,25)/p+1. The van der Waals surface area contributed by atoms with Gasteiger partial charge in [-0.1, -0.05) is 23.7 Å². The first-order valence-corrected chi connectivity index (χ1v) is 8.53. The Morgan fingerprint density at radius 2 is 2.08 bits per heavy atom. The molecule has 0 radical (unpaired) electrons. The van der Waals surface area contributed by atoms with Crippen molar-refractivity contribution in [1.82, 2.24) is 4.98 Å². The third-order valence-corrected chi connectivity index (χ3v) is 4.84. The second-order valence-electron chi connectivity index (χ2n) is 6.33. The van der Waals surface area contributed by atoms with E-state index in [-0.39, 0.29) is 11.8 Å². The summed E-state index contributed by atoms with van der Waals surface area (Å²) in [7, 11) is 0. The number of hydrogen-bond donors (Lipinski definition) is 2. The Kier molecular flexibility index (Phi) is 3.81. The molecular weight excluding hydrogens is 338 g/mol. The molecular formula is C19H17ClN3O2+. The van der Waals surface area contributed by atoms with E-state index in [1.165, 1.54) is 0 Å². The van der Waals surface area contributed by atoms with Crippen molar-refractivity contribution in [2.24, 2.45) is 5.92 Å². The van der Waals surface area contributed by atoms with E-state index in [1.54, 1.807) is 18.3 Å². The Morgan fingerprint density at radius 1 is 1.32 bits per heavy atom. The van der Waals surface area contributed by atoms with Crippen LogP contribution < -0.4 is 10.0 Å². The minimum atomic E-state index is 0.00839. The molecule has 126 valence electrons. The molecule has 2 heterocycles. The predicted molar refractivity (Wildman–Crippen MR) is 95.7 cm³/mol. The molecule has 3 aromatic rings. The maximum absolute atomic E-state index is 11.9. The Balaban J connectivity index is 1.80. The van der Waals surface area contributed by atoms with Gasteiger partial charge in [0.25, 0.3) is 5.69 Å². The molecule has 0 aliphatic heterocycles. The number of halogens is 1. The van der Waals surface area contributed by atoms with Gasteiger partial charge in [0, 0.05) is 35.2 Å². The van der Waals surface area contributed by atoms with Gasteiger partial charge in [0.05, 0.1) is 16.0 Å². The lowest BCUT2D eigenvalue weighted by molar-refractivity contribution is -0.899. The predicted octanol–water partition coefficient (Wildman–Crippen LogP) is 3.74. The summed E-state index contributed by atoms with van der Waals surface area (Å²) in [5.41, 5.74) is 1.98. The number of pyridine rings is 2. The van der Waals surface area contributed by atoms with Gasteiger partial charge < -0.3 is 5.32 Å². The van der Waals surface area contributed by atoms with Crippen molar-refractivity contribution in [2.75, 3.05) is 5.32 Å². The number of aromatic nitrogens is 2. The third-order valence-electron chi connectivity index (χ3n) is 4.51. The van der Waals surface area contributed by atoms with Crippen LogP contribution in [0.5, 0.6) is 0 Å². The minimum absolute atomic E-state index is 0.00839. The number of hydrogen-bond acceptors (Lipinski definition) is 3. The topological polar surface area (TPSA) is 66.1 Å². The largest absolute Gasteiger partial charge is 0.310 e. The molecule has 0 bridgehead atoms. The lowest BCUT2D eigenvalue weighted by Crippen LogP contribution is -2.36. The highest BCUT2D eigenvalue weighted by Crippen LogP contribution is 2.31. The molecule has 2 N–H and O–H groups in total. The summed E-state index contributed by atoms with van der Waals surface area (Å²) >= 11 is 6.26. The van der Waals surface area contributed by atoms with Crippen molar-refractivity contribution in [3.05, 3.63) is 53.3 Å². The molecule has 5 nitrogen and oxygen atoms in total. The maximum atomic E-state index is 11.9. The molecule has 1 aromatic carbocycles. The number of carbonyl (C=O) groups excluding carboxylic acids is 1. The summed E-state index contributed by atoms with van der Waals surface area (Å²) in [5, 5.41) is 15.7. The molecule has 0 spiro atoms. The molecule has 1 aliphatic carbocycles. The van der Waals surface area contributed by atoms with Gasteiger partial charge in [-0.05, 0) is 31.0 Å². The Bertz CT molecular complexity index is 999. The first kappa shape index (κ1) is 15.8. The second-order valence-corrected chi connectivity index (χ2v) is 6.73. The highest BCUT2D eigenvalue weighted by atomic mass is 35.5. The van der Waals surface area contributed by atoms with Crippen LogP contribution in [0.25, 0.3) is 22.0 Å². The van der Waals surface area contributed by atoms with Crippen molar-refractivity contribution in [3.8, 4) is 11.3 Å². The van der Waals surface area contributed by atoms with Gasteiger partial charge in [0.2, 0.25) is 11.6 Å². The molecule has 0 unspecified atom stereocenters. The van der Waals surface area contributed by atoms with E-state index < -0.39 is 0 Å². The van der Waals surface area contributed by atoms with E-state index in [1.807, 2.05) is 31.2 Å². The average molecular weight is 355 g/mol. The maximum Gasteiger partial charge on any atom is 0.266 e. The number of benzene rings is 1. The van der Waals surface area contributed by atoms with Gasteiger partial charge >= 0.3 is 0 Å². The Labute approximate surface area is 149 Å². The first-order valence-electron chi connectivity index (χ1n) is 8.15.